The van der Waals surface area contributed by atoms with Crippen LogP contribution >= 0.6 is 33.9 Å². The van der Waals surface area contributed by atoms with Crippen LogP contribution < -0.4 is 5.32 Å². The molecule has 0 radical (unpaired) electrons. The van der Waals surface area contributed by atoms with Crippen molar-refractivity contribution < 1.29 is 9.53 Å². The largest absolute Gasteiger partial charge is 0.459 e. The van der Waals surface area contributed by atoms with Crippen LogP contribution in [0.1, 0.15) is 29.1 Å². The molecule has 0 amide bonds. The summed E-state index contributed by atoms with van der Waals surface area (Å²) in [4.78, 5) is 22.3. The van der Waals surface area contributed by atoms with Crippen LogP contribution in [0.15, 0.2) is 30.6 Å². The molecule has 3 rings (SSSR count). The Balaban J connectivity index is 2.01. The number of ether oxygens (including phenoxy) is 1. The van der Waals surface area contributed by atoms with Crippen molar-refractivity contribution in [2.24, 2.45) is 0 Å². The summed E-state index contributed by atoms with van der Waals surface area (Å²) in [5.41, 5.74) is 1.78. The van der Waals surface area contributed by atoms with E-state index >= 15 is 0 Å². The van der Waals surface area contributed by atoms with E-state index < -0.39 is 0 Å². The van der Waals surface area contributed by atoms with E-state index in [0.717, 1.165) is 25.0 Å². The second-order valence-electron chi connectivity index (χ2n) is 5.54. The Morgan fingerprint density at radius 3 is 2.62 bits per heavy atom. The first-order valence-electron chi connectivity index (χ1n) is 7.43. The van der Waals surface area contributed by atoms with Gasteiger partial charge in [-0.1, -0.05) is 0 Å². The lowest BCUT2D eigenvalue weighted by Crippen LogP contribution is -2.11. The van der Waals surface area contributed by atoms with Gasteiger partial charge in [-0.3, -0.25) is 0 Å². The number of anilines is 2. The third-order valence-corrected chi connectivity index (χ3v) is 5.26. The van der Waals surface area contributed by atoms with Gasteiger partial charge in [0.15, 0.2) is 0 Å². The topological polar surface area (TPSA) is 64.1 Å². The summed E-state index contributed by atoms with van der Waals surface area (Å²) in [6, 6.07) is 8.02. The SMILES string of the molecule is Cc1c(C(=O)OC(C)C)sc2ncnc(Nc3ccc(I)cc3)c12. The number of thiophene rings is 1. The number of hydrogen-bond donors (Lipinski definition) is 1. The average molecular weight is 453 g/mol. The maximum absolute atomic E-state index is 12.3. The van der Waals surface area contributed by atoms with E-state index in [9.17, 15) is 4.79 Å². The van der Waals surface area contributed by atoms with Gasteiger partial charge in [0.25, 0.3) is 0 Å². The number of fused-ring (bicyclic) bond motifs is 1. The molecule has 0 aliphatic heterocycles. The lowest BCUT2D eigenvalue weighted by Gasteiger charge is -2.08. The van der Waals surface area contributed by atoms with Crippen molar-refractivity contribution in [1.29, 1.82) is 0 Å². The Kier molecular flexibility index (Phi) is 5.00. The van der Waals surface area contributed by atoms with E-state index in [1.165, 1.54) is 17.7 Å². The summed E-state index contributed by atoms with van der Waals surface area (Å²) < 4.78 is 6.48. The molecule has 0 bridgehead atoms. The van der Waals surface area contributed by atoms with Crippen LogP contribution in [0.25, 0.3) is 10.2 Å². The molecule has 1 aromatic carbocycles. The van der Waals surface area contributed by atoms with Crippen LogP contribution in [0.4, 0.5) is 11.5 Å². The molecule has 24 heavy (non-hydrogen) atoms. The summed E-state index contributed by atoms with van der Waals surface area (Å²) in [5, 5.41) is 4.17. The fourth-order valence-corrected chi connectivity index (χ4v) is 3.69. The molecule has 0 spiro atoms. The number of carbonyl (C=O) groups is 1. The van der Waals surface area contributed by atoms with Gasteiger partial charge in [-0.15, -0.1) is 11.3 Å². The van der Waals surface area contributed by atoms with Crippen molar-refractivity contribution in [2.75, 3.05) is 5.32 Å². The average Bonchev–Trinajstić information content (AvgIpc) is 2.87. The minimum absolute atomic E-state index is 0.155. The number of carbonyl (C=O) groups excluding carboxylic acids is 1. The van der Waals surface area contributed by atoms with Gasteiger partial charge in [0.05, 0.1) is 11.5 Å². The zero-order chi connectivity index (χ0) is 17.3. The van der Waals surface area contributed by atoms with Gasteiger partial charge in [-0.05, 0) is 73.2 Å². The smallest absolute Gasteiger partial charge is 0.348 e. The van der Waals surface area contributed by atoms with Crippen LogP contribution in [-0.2, 0) is 4.74 Å². The molecule has 0 unspecified atom stereocenters. The van der Waals surface area contributed by atoms with E-state index in [0.29, 0.717) is 10.7 Å². The minimum atomic E-state index is -0.314. The van der Waals surface area contributed by atoms with E-state index in [1.807, 2.05) is 45.0 Å². The Morgan fingerprint density at radius 2 is 1.96 bits per heavy atom. The van der Waals surface area contributed by atoms with E-state index in [4.69, 9.17) is 4.74 Å². The molecule has 0 aliphatic rings. The third kappa shape index (κ3) is 3.51. The van der Waals surface area contributed by atoms with Gasteiger partial charge in [-0.25, -0.2) is 14.8 Å². The molecule has 2 heterocycles. The van der Waals surface area contributed by atoms with Crippen molar-refractivity contribution in [3.05, 3.63) is 44.6 Å². The first-order valence-corrected chi connectivity index (χ1v) is 9.33. The van der Waals surface area contributed by atoms with Gasteiger partial charge in [0, 0.05) is 9.26 Å². The van der Waals surface area contributed by atoms with Gasteiger partial charge in [0.1, 0.15) is 21.9 Å². The molecule has 0 saturated heterocycles. The molecule has 1 N–H and O–H groups in total. The summed E-state index contributed by atoms with van der Waals surface area (Å²) >= 11 is 3.60. The molecule has 0 saturated carbocycles. The van der Waals surface area contributed by atoms with Gasteiger partial charge >= 0.3 is 5.97 Å². The highest BCUT2D eigenvalue weighted by atomic mass is 127. The summed E-state index contributed by atoms with van der Waals surface area (Å²) in [6.07, 6.45) is 1.35. The lowest BCUT2D eigenvalue weighted by molar-refractivity contribution is 0.0383. The van der Waals surface area contributed by atoms with Crippen LogP contribution in [-0.4, -0.2) is 22.0 Å². The Labute approximate surface area is 157 Å². The monoisotopic (exact) mass is 453 g/mol. The van der Waals surface area contributed by atoms with Crippen molar-refractivity contribution in [3.63, 3.8) is 0 Å². The first-order chi connectivity index (χ1) is 11.5. The second-order valence-corrected chi connectivity index (χ2v) is 7.79. The Bertz CT molecular complexity index is 891. The number of rotatable bonds is 4. The van der Waals surface area contributed by atoms with Gasteiger partial charge < -0.3 is 10.1 Å². The number of hydrogen-bond acceptors (Lipinski definition) is 6. The Hall–Kier alpha value is -1.74. The second kappa shape index (κ2) is 7.02. The van der Waals surface area contributed by atoms with Crippen molar-refractivity contribution in [1.82, 2.24) is 9.97 Å². The number of aromatic nitrogens is 2. The number of nitrogens with one attached hydrogen (secondary N) is 1. The van der Waals surface area contributed by atoms with E-state index in [-0.39, 0.29) is 12.1 Å². The Morgan fingerprint density at radius 1 is 1.25 bits per heavy atom. The van der Waals surface area contributed by atoms with Crippen LogP contribution in [0.3, 0.4) is 0 Å². The molecular formula is C17H16IN3O2S. The number of benzene rings is 1. The van der Waals surface area contributed by atoms with Crippen LogP contribution in [0.5, 0.6) is 0 Å². The molecule has 0 fully saturated rings. The quantitative estimate of drug-likeness (QED) is 0.449. The molecule has 3 aromatic rings. The molecular weight excluding hydrogens is 437 g/mol. The number of esters is 1. The summed E-state index contributed by atoms with van der Waals surface area (Å²) in [6.45, 7) is 5.58. The van der Waals surface area contributed by atoms with Crippen LogP contribution in [0, 0.1) is 10.5 Å². The van der Waals surface area contributed by atoms with E-state index in [1.54, 1.807) is 0 Å². The molecule has 0 atom stereocenters. The number of aryl methyl sites for hydroxylation is 1. The maximum atomic E-state index is 12.3. The first kappa shape index (κ1) is 17.1. The normalized spacial score (nSPS) is 11.0. The molecule has 0 aliphatic carbocycles. The fraction of sp³-hybridized carbons (Fsp3) is 0.235. The highest BCUT2D eigenvalue weighted by molar-refractivity contribution is 14.1. The number of nitrogens with zero attached hydrogens (tertiary/aromatic N) is 2. The maximum Gasteiger partial charge on any atom is 0.348 e. The third-order valence-electron chi connectivity index (χ3n) is 3.36. The lowest BCUT2D eigenvalue weighted by atomic mass is 10.2. The van der Waals surface area contributed by atoms with Crippen molar-refractivity contribution in [2.45, 2.75) is 26.9 Å². The highest BCUT2D eigenvalue weighted by Crippen LogP contribution is 2.35. The zero-order valence-electron chi connectivity index (χ0n) is 13.5. The van der Waals surface area contributed by atoms with E-state index in [2.05, 4.69) is 37.9 Å². The molecule has 124 valence electrons. The predicted molar refractivity (Wildman–Crippen MR) is 105 cm³/mol. The molecule has 2 aromatic heterocycles. The van der Waals surface area contributed by atoms with Gasteiger partial charge in [-0.2, -0.15) is 0 Å². The standard InChI is InChI=1S/C17H16IN3O2S/c1-9(2)23-17(22)14-10(3)13-15(19-8-20-16(13)24-14)21-12-6-4-11(18)5-7-12/h4-9H,1-3H3,(H,19,20,21). The van der Waals surface area contributed by atoms with Gasteiger partial charge in [0.2, 0.25) is 0 Å². The number of halogens is 1. The fourth-order valence-electron chi connectivity index (χ4n) is 2.30. The predicted octanol–water partition coefficient (Wildman–Crippen LogP) is 4.91. The van der Waals surface area contributed by atoms with Crippen molar-refractivity contribution >= 4 is 61.6 Å². The molecule has 5 nitrogen and oxygen atoms in total. The van der Waals surface area contributed by atoms with Crippen molar-refractivity contribution in [3.8, 4) is 0 Å². The summed E-state index contributed by atoms with van der Waals surface area (Å²) in [7, 11) is 0. The zero-order valence-corrected chi connectivity index (χ0v) is 16.4. The van der Waals surface area contributed by atoms with Crippen LogP contribution in [0.2, 0.25) is 0 Å². The summed E-state index contributed by atoms with van der Waals surface area (Å²) in [5.74, 6) is 0.379. The highest BCUT2D eigenvalue weighted by Gasteiger charge is 2.21. The molecule has 7 heteroatoms. The minimum Gasteiger partial charge on any atom is -0.459 e.